The lowest BCUT2D eigenvalue weighted by Crippen LogP contribution is -2.27. The van der Waals surface area contributed by atoms with Crippen LogP contribution in [0.3, 0.4) is 0 Å². The summed E-state index contributed by atoms with van der Waals surface area (Å²) in [5.74, 6) is 5.08. The third-order valence-electron chi connectivity index (χ3n) is 1.90. The van der Waals surface area contributed by atoms with Gasteiger partial charge in [0.25, 0.3) is 5.91 Å². The van der Waals surface area contributed by atoms with Crippen molar-refractivity contribution < 1.29 is 4.79 Å². The second-order valence-corrected chi connectivity index (χ2v) is 3.21. The monoisotopic (exact) mass is 218 g/mol. The molecule has 0 saturated heterocycles. The van der Waals surface area contributed by atoms with Crippen molar-refractivity contribution in [1.82, 2.24) is 5.01 Å². The molecule has 0 aliphatic heterocycles. The summed E-state index contributed by atoms with van der Waals surface area (Å²) in [6, 6.07) is 9.59. The lowest BCUT2D eigenvalue weighted by molar-refractivity contribution is -0.114. The number of nitrogens with two attached hydrogens (primary N) is 2. The minimum absolute atomic E-state index is 0.0339. The molecule has 0 heterocycles. The molecule has 5 nitrogen and oxygen atoms in total. The predicted octanol–water partition coefficient (Wildman–Crippen LogP) is 0.390. The molecule has 1 amide bonds. The van der Waals surface area contributed by atoms with Crippen molar-refractivity contribution in [2.75, 3.05) is 0 Å². The average molecular weight is 218 g/mol. The van der Waals surface area contributed by atoms with Gasteiger partial charge in [0, 0.05) is 6.20 Å². The molecule has 5 heteroatoms. The van der Waals surface area contributed by atoms with Crippen LogP contribution in [0.25, 0.3) is 0 Å². The summed E-state index contributed by atoms with van der Waals surface area (Å²) < 4.78 is 0. The normalized spacial score (nSPS) is 10.9. The van der Waals surface area contributed by atoms with E-state index in [2.05, 4.69) is 11.7 Å². The van der Waals surface area contributed by atoms with Gasteiger partial charge in [-0.2, -0.15) is 0 Å². The number of hydrogen-bond acceptors (Lipinski definition) is 4. The van der Waals surface area contributed by atoms with E-state index in [0.717, 1.165) is 5.56 Å². The van der Waals surface area contributed by atoms with E-state index in [1.54, 1.807) is 0 Å². The molecule has 0 aliphatic rings. The predicted molar refractivity (Wildman–Crippen MR) is 63.0 cm³/mol. The average Bonchev–Trinajstić information content (AvgIpc) is 2.29. The summed E-state index contributed by atoms with van der Waals surface area (Å²) in [7, 11) is 0. The lowest BCUT2D eigenvalue weighted by atomic mass is 10.2. The van der Waals surface area contributed by atoms with Crippen molar-refractivity contribution in [2.45, 2.75) is 6.54 Å². The van der Waals surface area contributed by atoms with Gasteiger partial charge in [0.15, 0.2) is 0 Å². The molecule has 0 radical (unpaired) electrons. The Bertz CT molecular complexity index is 400. The minimum Gasteiger partial charge on any atom is -0.393 e. The number of rotatable bonds is 4. The van der Waals surface area contributed by atoms with Crippen LogP contribution < -0.4 is 11.6 Å². The van der Waals surface area contributed by atoms with Crippen molar-refractivity contribution in [3.63, 3.8) is 0 Å². The minimum atomic E-state index is -0.580. The first-order valence-corrected chi connectivity index (χ1v) is 4.67. The Morgan fingerprint density at radius 1 is 1.44 bits per heavy atom. The number of benzene rings is 1. The summed E-state index contributed by atoms with van der Waals surface area (Å²) in [6.45, 7) is 3.56. The Balaban J connectivity index is 2.63. The third-order valence-corrected chi connectivity index (χ3v) is 1.90. The van der Waals surface area contributed by atoms with Crippen LogP contribution >= 0.6 is 0 Å². The number of nitrogens with zero attached hydrogens (tertiary/aromatic N) is 2. The Morgan fingerprint density at radius 3 is 2.62 bits per heavy atom. The van der Waals surface area contributed by atoms with Gasteiger partial charge in [-0.05, 0) is 12.3 Å². The SMILES string of the molecule is C=NC(=O)/C(N)=C/N(N)Cc1ccccc1. The maximum absolute atomic E-state index is 11.0. The number of carbonyl (C=O) groups is 1. The van der Waals surface area contributed by atoms with Crippen molar-refractivity contribution in [3.8, 4) is 0 Å². The molecule has 4 N–H and O–H groups in total. The van der Waals surface area contributed by atoms with Gasteiger partial charge in [-0.3, -0.25) is 4.79 Å². The van der Waals surface area contributed by atoms with E-state index < -0.39 is 5.91 Å². The number of hydrogen-bond donors (Lipinski definition) is 2. The second-order valence-electron chi connectivity index (χ2n) is 3.21. The van der Waals surface area contributed by atoms with E-state index in [-0.39, 0.29) is 5.70 Å². The second kappa shape index (κ2) is 5.67. The van der Waals surface area contributed by atoms with E-state index in [1.807, 2.05) is 30.3 Å². The fraction of sp³-hybridized carbons (Fsp3) is 0.0909. The van der Waals surface area contributed by atoms with E-state index in [9.17, 15) is 4.79 Å². The van der Waals surface area contributed by atoms with E-state index >= 15 is 0 Å². The number of carbonyl (C=O) groups excluding carboxylic acids is 1. The molecule has 0 bridgehead atoms. The van der Waals surface area contributed by atoms with Gasteiger partial charge in [-0.15, -0.1) is 0 Å². The molecular formula is C11H14N4O. The zero-order chi connectivity index (χ0) is 12.0. The van der Waals surface area contributed by atoms with Crippen LogP contribution in [0.15, 0.2) is 47.2 Å². The Hall–Kier alpha value is -2.14. The molecule has 0 atom stereocenters. The van der Waals surface area contributed by atoms with Gasteiger partial charge < -0.3 is 10.7 Å². The van der Waals surface area contributed by atoms with Crippen molar-refractivity contribution in [3.05, 3.63) is 47.8 Å². The first-order chi connectivity index (χ1) is 7.63. The van der Waals surface area contributed by atoms with Gasteiger partial charge in [0.2, 0.25) is 0 Å². The van der Waals surface area contributed by atoms with Crippen molar-refractivity contribution in [1.29, 1.82) is 0 Å². The van der Waals surface area contributed by atoms with Crippen LogP contribution in [-0.4, -0.2) is 17.6 Å². The molecule has 0 aliphatic carbocycles. The quantitative estimate of drug-likeness (QED) is 0.331. The molecule has 0 saturated carbocycles. The highest BCUT2D eigenvalue weighted by molar-refractivity contribution is 5.95. The lowest BCUT2D eigenvalue weighted by Gasteiger charge is -2.13. The maximum atomic E-state index is 11.0. The molecule has 0 fully saturated rings. The van der Waals surface area contributed by atoms with Crippen molar-refractivity contribution in [2.24, 2.45) is 16.6 Å². The summed E-state index contributed by atoms with van der Waals surface area (Å²) in [5, 5.41) is 1.33. The highest BCUT2D eigenvalue weighted by Gasteiger charge is 2.03. The van der Waals surface area contributed by atoms with E-state index in [0.29, 0.717) is 6.54 Å². The first-order valence-electron chi connectivity index (χ1n) is 4.67. The largest absolute Gasteiger partial charge is 0.393 e. The zero-order valence-corrected chi connectivity index (χ0v) is 8.84. The fourth-order valence-corrected chi connectivity index (χ4v) is 1.17. The summed E-state index contributed by atoms with van der Waals surface area (Å²) >= 11 is 0. The van der Waals surface area contributed by atoms with Crippen LogP contribution in [0.5, 0.6) is 0 Å². The zero-order valence-electron chi connectivity index (χ0n) is 8.84. The van der Waals surface area contributed by atoms with Crippen molar-refractivity contribution >= 4 is 12.6 Å². The van der Waals surface area contributed by atoms with Gasteiger partial charge >= 0.3 is 0 Å². The Kier molecular flexibility index (Phi) is 4.23. The molecule has 1 aromatic carbocycles. The standard InChI is InChI=1S/C11H14N4O/c1-14-11(16)10(12)8-15(13)7-9-5-3-2-4-6-9/h2-6,8H,1,7,12-13H2/b10-8-. The molecule has 0 unspecified atom stereocenters. The summed E-state index contributed by atoms with van der Waals surface area (Å²) in [6.07, 6.45) is 1.34. The summed E-state index contributed by atoms with van der Waals surface area (Å²) in [4.78, 5) is 14.2. The Morgan fingerprint density at radius 2 is 2.06 bits per heavy atom. The first kappa shape index (κ1) is 11.9. The topological polar surface area (TPSA) is 84.7 Å². The van der Waals surface area contributed by atoms with Crippen LogP contribution in [0.4, 0.5) is 0 Å². The van der Waals surface area contributed by atoms with Crippen LogP contribution in [0, 0.1) is 0 Å². The third kappa shape index (κ3) is 3.55. The highest BCUT2D eigenvalue weighted by Crippen LogP contribution is 2.02. The smallest absolute Gasteiger partial charge is 0.293 e. The van der Waals surface area contributed by atoms with Gasteiger partial charge in [-0.25, -0.2) is 10.8 Å². The maximum Gasteiger partial charge on any atom is 0.293 e. The molecule has 16 heavy (non-hydrogen) atoms. The van der Waals surface area contributed by atoms with Gasteiger partial charge in [0.1, 0.15) is 5.70 Å². The number of aliphatic imine (C=N–C) groups is 1. The molecule has 0 aromatic heterocycles. The van der Waals surface area contributed by atoms with Crippen LogP contribution in [0.1, 0.15) is 5.56 Å². The van der Waals surface area contributed by atoms with Gasteiger partial charge in [-0.1, -0.05) is 30.3 Å². The Labute approximate surface area is 94.0 Å². The molecule has 84 valence electrons. The summed E-state index contributed by atoms with van der Waals surface area (Å²) in [5.41, 5.74) is 6.43. The number of amides is 1. The highest BCUT2D eigenvalue weighted by atomic mass is 16.1. The number of hydrazine groups is 1. The van der Waals surface area contributed by atoms with E-state index in [4.69, 9.17) is 11.6 Å². The van der Waals surface area contributed by atoms with E-state index in [1.165, 1.54) is 11.2 Å². The fourth-order valence-electron chi connectivity index (χ4n) is 1.17. The molecule has 0 spiro atoms. The van der Waals surface area contributed by atoms with Crippen LogP contribution in [-0.2, 0) is 11.3 Å². The molecular weight excluding hydrogens is 204 g/mol. The molecule has 1 rings (SSSR count). The molecule has 1 aromatic rings. The van der Waals surface area contributed by atoms with Gasteiger partial charge in [0.05, 0.1) is 6.54 Å². The van der Waals surface area contributed by atoms with Crippen LogP contribution in [0.2, 0.25) is 0 Å².